The minimum absolute atomic E-state index is 0.195. The molecular formula is C14H16F2N7O3S+. The maximum Gasteiger partial charge on any atom is 0.286 e. The van der Waals surface area contributed by atoms with E-state index in [4.69, 9.17) is 10.0 Å². The average Bonchev–Trinajstić information content (AvgIpc) is 3.18. The van der Waals surface area contributed by atoms with Crippen molar-refractivity contribution in [3.05, 3.63) is 60.2 Å². The van der Waals surface area contributed by atoms with Crippen LogP contribution in [0.3, 0.4) is 0 Å². The van der Waals surface area contributed by atoms with Gasteiger partial charge in [0.25, 0.3) is 22.3 Å². The fraction of sp³-hybridized carbons (Fsp3) is 0.286. The van der Waals surface area contributed by atoms with E-state index in [-0.39, 0.29) is 24.4 Å². The largest absolute Gasteiger partial charge is 0.289 e. The minimum atomic E-state index is -4.08. The monoisotopic (exact) mass is 400 g/mol. The number of rotatable bonds is 7. The second-order valence-electron chi connectivity index (χ2n) is 5.89. The van der Waals surface area contributed by atoms with Gasteiger partial charge in [0.1, 0.15) is 29.9 Å². The molecule has 0 fully saturated rings. The van der Waals surface area contributed by atoms with Crippen LogP contribution in [0.4, 0.5) is 8.78 Å². The Morgan fingerprint density at radius 3 is 2.74 bits per heavy atom. The van der Waals surface area contributed by atoms with Crippen molar-refractivity contribution >= 4 is 10.1 Å². The summed E-state index contributed by atoms with van der Waals surface area (Å²) >= 11 is 0. The van der Waals surface area contributed by atoms with E-state index >= 15 is 0 Å². The zero-order valence-electron chi connectivity index (χ0n) is 14.1. The standard InChI is InChI=1S/C14H15F2N7O3S/c1-27(24,25)26-14(6-22-8-18-7-20-22,5-13-21-19-9-23(13)17)11-3-2-10(15)4-12(11)16/h2-4,7-9H,5-6,17H2,1H3/p+1. The lowest BCUT2D eigenvalue weighted by molar-refractivity contribution is -0.647. The maximum atomic E-state index is 14.7. The van der Waals surface area contributed by atoms with Crippen molar-refractivity contribution < 1.29 is 26.1 Å². The first kappa shape index (κ1) is 18.8. The number of hydrogen-bond donors (Lipinski definition) is 2. The first-order valence-corrected chi connectivity index (χ1v) is 9.38. The summed E-state index contributed by atoms with van der Waals surface area (Å²) < 4.78 is 59.8. The molecule has 144 valence electrons. The molecule has 3 N–H and O–H groups in total. The van der Waals surface area contributed by atoms with Gasteiger partial charge in [0.05, 0.1) is 19.2 Å². The summed E-state index contributed by atoms with van der Waals surface area (Å²) in [5.74, 6) is 4.19. The van der Waals surface area contributed by atoms with Crippen LogP contribution in [0, 0.1) is 11.6 Å². The van der Waals surface area contributed by atoms with Crippen molar-refractivity contribution in [2.45, 2.75) is 18.6 Å². The van der Waals surface area contributed by atoms with Gasteiger partial charge in [-0.1, -0.05) is 6.07 Å². The molecule has 0 aliphatic heterocycles. The summed E-state index contributed by atoms with van der Waals surface area (Å²) in [6.07, 6.45) is 4.38. The zero-order chi connectivity index (χ0) is 19.7. The average molecular weight is 400 g/mol. The molecule has 1 atom stereocenters. The van der Waals surface area contributed by atoms with Gasteiger partial charge in [-0.2, -0.15) is 13.5 Å². The fourth-order valence-electron chi connectivity index (χ4n) is 2.76. The molecule has 0 aliphatic carbocycles. The number of nitrogens with one attached hydrogen (secondary N) is 1. The normalized spacial score (nSPS) is 14.2. The molecule has 0 saturated heterocycles. The van der Waals surface area contributed by atoms with Gasteiger partial charge >= 0.3 is 0 Å². The highest BCUT2D eigenvalue weighted by Crippen LogP contribution is 2.34. The molecule has 27 heavy (non-hydrogen) atoms. The third-order valence-electron chi connectivity index (χ3n) is 3.76. The van der Waals surface area contributed by atoms with E-state index < -0.39 is 27.4 Å². The molecule has 2 heterocycles. The zero-order valence-corrected chi connectivity index (χ0v) is 14.9. The van der Waals surface area contributed by atoms with E-state index in [0.717, 1.165) is 23.1 Å². The van der Waals surface area contributed by atoms with Gasteiger partial charge in [0, 0.05) is 16.7 Å². The number of nitrogen functional groups attached to an aromatic ring is 1. The number of nitrogens with two attached hydrogens (primary N) is 1. The van der Waals surface area contributed by atoms with Crippen LogP contribution in [0.1, 0.15) is 11.4 Å². The molecule has 0 bridgehead atoms. The Morgan fingerprint density at radius 1 is 1.41 bits per heavy atom. The number of hydrogen-bond acceptors (Lipinski definition) is 7. The van der Waals surface area contributed by atoms with E-state index in [1.807, 2.05) is 0 Å². The summed E-state index contributed by atoms with van der Waals surface area (Å²) in [4.78, 5) is 3.79. The summed E-state index contributed by atoms with van der Waals surface area (Å²) in [6.45, 7) is -0.248. The van der Waals surface area contributed by atoms with Crippen LogP contribution in [-0.2, 0) is 32.9 Å². The second kappa shape index (κ2) is 7.00. The van der Waals surface area contributed by atoms with Crippen LogP contribution in [0.25, 0.3) is 0 Å². The Kier molecular flexibility index (Phi) is 4.89. The molecule has 13 heteroatoms. The number of benzene rings is 1. The number of aromatic amines is 1. The molecule has 0 amide bonds. The van der Waals surface area contributed by atoms with E-state index in [9.17, 15) is 17.2 Å². The Labute approximate surface area is 152 Å². The van der Waals surface area contributed by atoms with Crippen molar-refractivity contribution in [2.24, 2.45) is 0 Å². The van der Waals surface area contributed by atoms with E-state index in [1.165, 1.54) is 23.7 Å². The van der Waals surface area contributed by atoms with Gasteiger partial charge in [-0.15, -0.1) is 9.77 Å². The van der Waals surface area contributed by atoms with Crippen LogP contribution < -0.4 is 10.5 Å². The number of nitrogens with zero attached hydrogens (tertiary/aromatic N) is 5. The molecule has 10 nitrogen and oxygen atoms in total. The highest BCUT2D eigenvalue weighted by atomic mass is 32.2. The fourth-order valence-corrected chi connectivity index (χ4v) is 3.54. The molecule has 0 radical (unpaired) electrons. The molecular weight excluding hydrogens is 384 g/mol. The van der Waals surface area contributed by atoms with Crippen molar-refractivity contribution in [3.8, 4) is 0 Å². The smallest absolute Gasteiger partial charge is 0.286 e. The summed E-state index contributed by atoms with van der Waals surface area (Å²) in [6, 6.07) is 2.76. The van der Waals surface area contributed by atoms with Crippen molar-refractivity contribution in [3.63, 3.8) is 0 Å². The predicted octanol–water partition coefficient (Wildman–Crippen LogP) is -0.605. The molecule has 3 rings (SSSR count). The quantitative estimate of drug-likeness (QED) is 0.307. The Balaban J connectivity index is 2.20. The lowest BCUT2D eigenvalue weighted by Gasteiger charge is -2.31. The molecule has 2 aromatic heterocycles. The van der Waals surface area contributed by atoms with Crippen molar-refractivity contribution in [2.75, 3.05) is 12.1 Å². The molecule has 1 unspecified atom stereocenters. The molecule has 0 aliphatic rings. The third kappa shape index (κ3) is 4.25. The first-order valence-electron chi connectivity index (χ1n) is 7.56. The molecule has 0 saturated carbocycles. The minimum Gasteiger partial charge on any atom is -0.289 e. The Hall–Kier alpha value is -2.93. The summed E-state index contributed by atoms with van der Waals surface area (Å²) in [5, 5.41) is 10.3. The van der Waals surface area contributed by atoms with Crippen LogP contribution in [0.2, 0.25) is 0 Å². The number of aromatic nitrogens is 6. The van der Waals surface area contributed by atoms with E-state index in [0.29, 0.717) is 6.07 Å². The number of H-pyrrole nitrogens is 1. The van der Waals surface area contributed by atoms with Crippen LogP contribution in [0.5, 0.6) is 0 Å². The molecule has 3 aromatic rings. The van der Waals surface area contributed by atoms with E-state index in [2.05, 4.69) is 20.3 Å². The molecule has 0 spiro atoms. The van der Waals surface area contributed by atoms with Crippen LogP contribution >= 0.6 is 0 Å². The highest BCUT2D eigenvalue weighted by molar-refractivity contribution is 7.86. The first-order chi connectivity index (χ1) is 12.7. The number of halogens is 2. The highest BCUT2D eigenvalue weighted by Gasteiger charge is 2.43. The lowest BCUT2D eigenvalue weighted by atomic mass is 9.89. The van der Waals surface area contributed by atoms with Gasteiger partial charge in [0.2, 0.25) is 0 Å². The molecule has 1 aromatic carbocycles. The van der Waals surface area contributed by atoms with E-state index in [1.54, 1.807) is 0 Å². The Morgan fingerprint density at radius 2 is 2.19 bits per heavy atom. The summed E-state index contributed by atoms with van der Waals surface area (Å²) in [7, 11) is -4.08. The lowest BCUT2D eigenvalue weighted by Crippen LogP contribution is -2.50. The van der Waals surface area contributed by atoms with Crippen LogP contribution in [0.15, 0.2) is 37.2 Å². The SMILES string of the molecule is CS(=O)(=O)OC(Cc1[nH]nc[n+]1N)(Cn1cncn1)c1ccc(F)cc1F. The topological polar surface area (TPSA) is 133 Å². The van der Waals surface area contributed by atoms with Gasteiger partial charge in [-0.25, -0.2) is 18.4 Å². The van der Waals surface area contributed by atoms with Crippen molar-refractivity contribution in [1.82, 2.24) is 25.0 Å². The van der Waals surface area contributed by atoms with Gasteiger partial charge < -0.3 is 0 Å². The van der Waals surface area contributed by atoms with Crippen LogP contribution in [-0.4, -0.2) is 39.6 Å². The second-order valence-corrected chi connectivity index (χ2v) is 7.46. The maximum absolute atomic E-state index is 14.7. The van der Waals surface area contributed by atoms with Gasteiger partial charge in [0.15, 0.2) is 0 Å². The predicted molar refractivity (Wildman–Crippen MR) is 86.6 cm³/mol. The summed E-state index contributed by atoms with van der Waals surface area (Å²) in [5.41, 5.74) is -2.04. The van der Waals surface area contributed by atoms with Crippen molar-refractivity contribution in [1.29, 1.82) is 0 Å². The van der Waals surface area contributed by atoms with Gasteiger partial charge in [-0.3, -0.25) is 10.0 Å². The van der Waals surface area contributed by atoms with Gasteiger partial charge in [-0.05, 0) is 6.07 Å². The third-order valence-corrected chi connectivity index (χ3v) is 4.38. The Bertz CT molecular complexity index is 1040.